The van der Waals surface area contributed by atoms with E-state index >= 15 is 0 Å². The Morgan fingerprint density at radius 2 is 2.21 bits per heavy atom. The van der Waals surface area contributed by atoms with Crippen LogP contribution in [-0.4, -0.2) is 45.9 Å². The van der Waals surface area contributed by atoms with Gasteiger partial charge in [-0.3, -0.25) is 9.58 Å². The van der Waals surface area contributed by atoms with Gasteiger partial charge in [-0.2, -0.15) is 5.10 Å². The summed E-state index contributed by atoms with van der Waals surface area (Å²) >= 11 is 0. The van der Waals surface area contributed by atoms with Gasteiger partial charge in [-0.1, -0.05) is 12.8 Å². The molecule has 1 unspecified atom stereocenters. The summed E-state index contributed by atoms with van der Waals surface area (Å²) in [5, 5.41) is 7.96. The molecule has 106 valence electrons. The summed E-state index contributed by atoms with van der Waals surface area (Å²) < 4.78 is 1.90. The zero-order valence-corrected chi connectivity index (χ0v) is 12.2. The van der Waals surface area contributed by atoms with Crippen molar-refractivity contribution in [3.05, 3.63) is 18.0 Å². The Kier molecular flexibility index (Phi) is 3.63. The van der Waals surface area contributed by atoms with E-state index in [4.69, 9.17) is 0 Å². The highest BCUT2D eigenvalue weighted by atomic mass is 15.3. The van der Waals surface area contributed by atoms with E-state index in [0.29, 0.717) is 11.6 Å². The Morgan fingerprint density at radius 3 is 2.89 bits per heavy atom. The Labute approximate surface area is 116 Å². The van der Waals surface area contributed by atoms with Gasteiger partial charge in [0, 0.05) is 44.5 Å². The summed E-state index contributed by atoms with van der Waals surface area (Å²) in [5.74, 6) is 0. The maximum Gasteiger partial charge on any atom is 0.0522 e. The van der Waals surface area contributed by atoms with Crippen LogP contribution in [-0.2, 0) is 13.5 Å². The molecule has 1 saturated carbocycles. The van der Waals surface area contributed by atoms with E-state index in [1.165, 1.54) is 50.9 Å². The van der Waals surface area contributed by atoms with Crippen molar-refractivity contribution in [1.82, 2.24) is 20.0 Å². The highest BCUT2D eigenvalue weighted by molar-refractivity contribution is 5.06. The zero-order chi connectivity index (χ0) is 13.3. The summed E-state index contributed by atoms with van der Waals surface area (Å²) in [7, 11) is 1.99. The summed E-state index contributed by atoms with van der Waals surface area (Å²) in [6, 6.07) is 0.625. The number of rotatable bonds is 3. The minimum absolute atomic E-state index is 0.453. The molecule has 1 saturated heterocycles. The van der Waals surface area contributed by atoms with E-state index in [0.717, 1.165) is 6.42 Å². The molecule has 1 aliphatic heterocycles. The van der Waals surface area contributed by atoms with Gasteiger partial charge >= 0.3 is 0 Å². The Balaban J connectivity index is 1.65. The summed E-state index contributed by atoms with van der Waals surface area (Å²) in [4.78, 5) is 2.76. The number of piperazine rings is 1. The highest BCUT2D eigenvalue weighted by Gasteiger charge is 2.42. The molecule has 1 spiro atoms. The average Bonchev–Trinajstić information content (AvgIpc) is 3.01. The summed E-state index contributed by atoms with van der Waals surface area (Å²) in [5.41, 5.74) is 1.82. The van der Waals surface area contributed by atoms with Crippen LogP contribution in [0.5, 0.6) is 0 Å². The molecule has 1 aromatic rings. The normalized spacial score (nSPS) is 27.2. The molecule has 3 rings (SSSR count). The van der Waals surface area contributed by atoms with Gasteiger partial charge in [0.25, 0.3) is 0 Å². The number of nitrogens with zero attached hydrogens (tertiary/aromatic N) is 3. The van der Waals surface area contributed by atoms with Gasteiger partial charge in [-0.05, 0) is 31.7 Å². The van der Waals surface area contributed by atoms with Gasteiger partial charge in [0.15, 0.2) is 0 Å². The van der Waals surface area contributed by atoms with Gasteiger partial charge in [-0.15, -0.1) is 0 Å². The molecule has 1 atom stereocenters. The Hall–Kier alpha value is -0.870. The maximum atomic E-state index is 4.27. The van der Waals surface area contributed by atoms with Gasteiger partial charge < -0.3 is 5.32 Å². The van der Waals surface area contributed by atoms with Crippen molar-refractivity contribution in [1.29, 1.82) is 0 Å². The molecule has 0 bridgehead atoms. The fourth-order valence-corrected chi connectivity index (χ4v) is 3.78. The average molecular weight is 262 g/mol. The fraction of sp³-hybridized carbons (Fsp3) is 0.800. The van der Waals surface area contributed by atoms with E-state index < -0.39 is 0 Å². The lowest BCUT2D eigenvalue weighted by Crippen LogP contribution is -2.63. The number of hydrogen-bond donors (Lipinski definition) is 1. The second-order valence-electron chi connectivity index (χ2n) is 6.43. The number of aryl methyl sites for hydroxylation is 1. The van der Waals surface area contributed by atoms with Crippen LogP contribution in [0.1, 0.15) is 38.2 Å². The van der Waals surface area contributed by atoms with Crippen molar-refractivity contribution >= 4 is 0 Å². The molecule has 2 heterocycles. The monoisotopic (exact) mass is 262 g/mol. The molecule has 19 heavy (non-hydrogen) atoms. The minimum Gasteiger partial charge on any atom is -0.311 e. The van der Waals surface area contributed by atoms with E-state index in [1.807, 2.05) is 17.9 Å². The molecule has 1 N–H and O–H groups in total. The smallest absolute Gasteiger partial charge is 0.0522 e. The van der Waals surface area contributed by atoms with Crippen LogP contribution >= 0.6 is 0 Å². The second kappa shape index (κ2) is 5.25. The zero-order valence-electron chi connectivity index (χ0n) is 12.2. The summed E-state index contributed by atoms with van der Waals surface area (Å²) in [6.45, 7) is 5.86. The standard InChI is InChI=1S/C15H26N4/c1-13-10-19(8-5-14-9-17-18(2)11-14)15(12-16-13)6-3-4-7-15/h9,11,13,16H,3-8,10,12H2,1-2H3. The van der Waals surface area contributed by atoms with Crippen molar-refractivity contribution in [2.45, 2.75) is 50.6 Å². The van der Waals surface area contributed by atoms with Crippen LogP contribution < -0.4 is 5.32 Å². The molecular formula is C15H26N4. The Bertz CT molecular complexity index is 420. The maximum absolute atomic E-state index is 4.27. The lowest BCUT2D eigenvalue weighted by atomic mass is 9.91. The third-order valence-electron chi connectivity index (χ3n) is 4.91. The van der Waals surface area contributed by atoms with Crippen molar-refractivity contribution in [3.8, 4) is 0 Å². The van der Waals surface area contributed by atoms with Crippen molar-refractivity contribution in [2.75, 3.05) is 19.6 Å². The highest BCUT2D eigenvalue weighted by Crippen LogP contribution is 2.36. The quantitative estimate of drug-likeness (QED) is 0.897. The minimum atomic E-state index is 0.453. The molecule has 4 nitrogen and oxygen atoms in total. The lowest BCUT2D eigenvalue weighted by Gasteiger charge is -2.47. The van der Waals surface area contributed by atoms with Crippen molar-refractivity contribution < 1.29 is 0 Å². The van der Waals surface area contributed by atoms with Crippen LogP contribution in [0.25, 0.3) is 0 Å². The van der Waals surface area contributed by atoms with Crippen molar-refractivity contribution in [2.24, 2.45) is 7.05 Å². The first-order chi connectivity index (χ1) is 9.18. The molecule has 4 heteroatoms. The third kappa shape index (κ3) is 2.70. The predicted molar refractivity (Wildman–Crippen MR) is 77.1 cm³/mol. The van der Waals surface area contributed by atoms with Crippen LogP contribution in [0.15, 0.2) is 12.4 Å². The predicted octanol–water partition coefficient (Wildman–Crippen LogP) is 1.57. The van der Waals surface area contributed by atoms with Gasteiger partial charge in [-0.25, -0.2) is 0 Å². The molecule has 1 aromatic heterocycles. The van der Waals surface area contributed by atoms with Crippen molar-refractivity contribution in [3.63, 3.8) is 0 Å². The molecule has 0 amide bonds. The number of aromatic nitrogens is 2. The number of nitrogens with one attached hydrogen (secondary N) is 1. The van der Waals surface area contributed by atoms with E-state index in [1.54, 1.807) is 0 Å². The fourth-order valence-electron chi connectivity index (χ4n) is 3.78. The van der Waals surface area contributed by atoms with E-state index in [2.05, 4.69) is 28.4 Å². The van der Waals surface area contributed by atoms with Crippen LogP contribution in [0.3, 0.4) is 0 Å². The van der Waals surface area contributed by atoms with Crippen LogP contribution in [0.4, 0.5) is 0 Å². The van der Waals surface area contributed by atoms with E-state index in [9.17, 15) is 0 Å². The molecular weight excluding hydrogens is 236 g/mol. The summed E-state index contributed by atoms with van der Waals surface area (Å²) in [6.07, 6.45) is 10.8. The molecule has 1 aliphatic carbocycles. The SMILES string of the molecule is CC1CN(CCc2cnn(C)c2)C2(CCCC2)CN1. The van der Waals surface area contributed by atoms with Gasteiger partial charge in [0.05, 0.1) is 6.20 Å². The van der Waals surface area contributed by atoms with Crippen LogP contribution in [0.2, 0.25) is 0 Å². The second-order valence-corrected chi connectivity index (χ2v) is 6.43. The Morgan fingerprint density at radius 1 is 1.42 bits per heavy atom. The van der Waals surface area contributed by atoms with Crippen LogP contribution in [0, 0.1) is 0 Å². The molecule has 2 aliphatic rings. The third-order valence-corrected chi connectivity index (χ3v) is 4.91. The van der Waals surface area contributed by atoms with Gasteiger partial charge in [0.2, 0.25) is 0 Å². The largest absolute Gasteiger partial charge is 0.311 e. The first-order valence-corrected chi connectivity index (χ1v) is 7.64. The first-order valence-electron chi connectivity index (χ1n) is 7.64. The van der Waals surface area contributed by atoms with E-state index in [-0.39, 0.29) is 0 Å². The lowest BCUT2D eigenvalue weighted by molar-refractivity contribution is 0.0477. The van der Waals surface area contributed by atoms with Gasteiger partial charge in [0.1, 0.15) is 0 Å². The molecule has 2 fully saturated rings. The topological polar surface area (TPSA) is 33.1 Å². The molecule has 0 aromatic carbocycles. The molecule has 0 radical (unpaired) electrons. The first kappa shape index (κ1) is 13.1. The number of hydrogen-bond acceptors (Lipinski definition) is 3.